The lowest BCUT2D eigenvalue weighted by Gasteiger charge is -2.24. The molecule has 18 heavy (non-hydrogen) atoms. The van der Waals surface area contributed by atoms with E-state index in [0.717, 1.165) is 16.6 Å². The molecule has 0 fully saturated rings. The molecule has 0 saturated carbocycles. The second-order valence-corrected chi connectivity index (χ2v) is 6.02. The monoisotopic (exact) mass is 266 g/mol. The molecule has 2 aromatic heterocycles. The maximum atomic E-state index is 5.98. The fourth-order valence-electron chi connectivity index (χ4n) is 1.49. The maximum Gasteiger partial charge on any atom is 0.241 e. The van der Waals surface area contributed by atoms with E-state index in [1.807, 2.05) is 26.8 Å². The first-order valence-electron chi connectivity index (χ1n) is 5.89. The Morgan fingerprint density at radius 3 is 2.78 bits per heavy atom. The summed E-state index contributed by atoms with van der Waals surface area (Å²) in [6.45, 7) is 8.20. The number of hydrogen-bond acceptors (Lipinski definition) is 6. The molecule has 0 radical (unpaired) electrons. The normalized spacial score (nSPS) is 11.8. The first-order valence-corrected chi connectivity index (χ1v) is 6.70. The molecule has 5 nitrogen and oxygen atoms in total. The Morgan fingerprint density at radius 1 is 1.44 bits per heavy atom. The molecule has 3 N–H and O–H groups in total. The van der Waals surface area contributed by atoms with Crippen LogP contribution >= 0.6 is 11.3 Å². The Morgan fingerprint density at radius 2 is 2.17 bits per heavy atom. The van der Waals surface area contributed by atoms with Crippen molar-refractivity contribution in [2.75, 3.05) is 5.43 Å². The summed E-state index contributed by atoms with van der Waals surface area (Å²) < 4.78 is 5.98. The first-order chi connectivity index (χ1) is 8.45. The summed E-state index contributed by atoms with van der Waals surface area (Å²) in [5.41, 5.74) is 2.22. The Bertz CT molecular complexity index is 564. The van der Waals surface area contributed by atoms with Gasteiger partial charge in [0.15, 0.2) is 0 Å². The predicted molar refractivity (Wildman–Crippen MR) is 75.0 cm³/mol. The standard InChI is InChI=1S/C12H18N4OS/c1-5-12(3,4)17-9-8-6-7(2)18-10(8)15-11(14-9)16-13/h6H,5,13H2,1-4H3,(H,14,15,16). The molecule has 6 heteroatoms. The van der Waals surface area contributed by atoms with Crippen LogP contribution in [0.25, 0.3) is 10.2 Å². The Labute approximate surface area is 110 Å². The minimum Gasteiger partial charge on any atom is -0.471 e. The third-order valence-electron chi connectivity index (χ3n) is 2.83. The van der Waals surface area contributed by atoms with E-state index in [2.05, 4.69) is 22.3 Å². The number of anilines is 1. The van der Waals surface area contributed by atoms with Crippen LogP contribution in [-0.4, -0.2) is 15.6 Å². The summed E-state index contributed by atoms with van der Waals surface area (Å²) in [6.07, 6.45) is 0.896. The van der Waals surface area contributed by atoms with Crippen molar-refractivity contribution in [2.24, 2.45) is 5.84 Å². The van der Waals surface area contributed by atoms with E-state index in [0.29, 0.717) is 11.8 Å². The van der Waals surface area contributed by atoms with E-state index < -0.39 is 0 Å². The Hall–Kier alpha value is -1.40. The van der Waals surface area contributed by atoms with Gasteiger partial charge < -0.3 is 4.74 Å². The molecule has 0 amide bonds. The zero-order valence-electron chi connectivity index (χ0n) is 11.1. The minimum atomic E-state index is -0.261. The van der Waals surface area contributed by atoms with Gasteiger partial charge >= 0.3 is 0 Å². The molecule has 0 aliphatic heterocycles. The summed E-state index contributed by atoms with van der Waals surface area (Å²) in [6, 6.07) is 2.04. The van der Waals surface area contributed by atoms with Gasteiger partial charge in [-0.25, -0.2) is 10.8 Å². The average molecular weight is 266 g/mol. The molecule has 2 heterocycles. The highest BCUT2D eigenvalue weighted by atomic mass is 32.1. The van der Waals surface area contributed by atoms with Gasteiger partial charge in [0.25, 0.3) is 0 Å². The minimum absolute atomic E-state index is 0.261. The molecule has 0 aromatic carbocycles. The van der Waals surface area contributed by atoms with Crippen LogP contribution in [0.15, 0.2) is 6.07 Å². The highest BCUT2D eigenvalue weighted by molar-refractivity contribution is 7.18. The number of ether oxygens (including phenoxy) is 1. The van der Waals surface area contributed by atoms with Crippen molar-refractivity contribution in [3.8, 4) is 5.88 Å². The SMILES string of the molecule is CCC(C)(C)Oc1nc(NN)nc2sc(C)cc12. The highest BCUT2D eigenvalue weighted by Crippen LogP contribution is 2.33. The maximum absolute atomic E-state index is 5.98. The van der Waals surface area contributed by atoms with Crippen molar-refractivity contribution in [1.29, 1.82) is 0 Å². The van der Waals surface area contributed by atoms with Crippen LogP contribution in [0.4, 0.5) is 5.95 Å². The summed E-state index contributed by atoms with van der Waals surface area (Å²) in [5.74, 6) is 6.35. The fourth-order valence-corrected chi connectivity index (χ4v) is 2.36. The second-order valence-electron chi connectivity index (χ2n) is 4.79. The van der Waals surface area contributed by atoms with Gasteiger partial charge in [-0.15, -0.1) is 11.3 Å². The van der Waals surface area contributed by atoms with E-state index in [4.69, 9.17) is 10.6 Å². The van der Waals surface area contributed by atoms with Crippen molar-refractivity contribution in [1.82, 2.24) is 9.97 Å². The summed E-state index contributed by atoms with van der Waals surface area (Å²) in [7, 11) is 0. The lowest BCUT2D eigenvalue weighted by atomic mass is 10.1. The van der Waals surface area contributed by atoms with Crippen molar-refractivity contribution in [3.63, 3.8) is 0 Å². The van der Waals surface area contributed by atoms with E-state index >= 15 is 0 Å². The zero-order valence-corrected chi connectivity index (χ0v) is 11.9. The van der Waals surface area contributed by atoms with Gasteiger partial charge in [-0.05, 0) is 33.3 Å². The van der Waals surface area contributed by atoms with E-state index in [1.54, 1.807) is 11.3 Å². The lowest BCUT2D eigenvalue weighted by Crippen LogP contribution is -2.27. The van der Waals surface area contributed by atoms with Crippen molar-refractivity contribution in [3.05, 3.63) is 10.9 Å². The smallest absolute Gasteiger partial charge is 0.241 e. The van der Waals surface area contributed by atoms with Gasteiger partial charge in [0.05, 0.1) is 5.39 Å². The van der Waals surface area contributed by atoms with Crippen LogP contribution in [0, 0.1) is 6.92 Å². The van der Waals surface area contributed by atoms with Gasteiger partial charge in [0.1, 0.15) is 10.4 Å². The Kier molecular flexibility index (Phi) is 3.41. The molecular formula is C12H18N4OS. The fraction of sp³-hybridized carbons (Fsp3) is 0.500. The first kappa shape index (κ1) is 13.0. The molecule has 0 unspecified atom stereocenters. The summed E-state index contributed by atoms with van der Waals surface area (Å²) >= 11 is 1.60. The number of nitrogen functional groups attached to an aromatic ring is 1. The average Bonchev–Trinajstić information content (AvgIpc) is 2.69. The molecule has 98 valence electrons. The predicted octanol–water partition coefficient (Wildman–Crippen LogP) is 2.85. The number of nitrogens with two attached hydrogens (primary N) is 1. The number of hydrogen-bond donors (Lipinski definition) is 2. The van der Waals surface area contributed by atoms with Gasteiger partial charge in [-0.2, -0.15) is 4.98 Å². The van der Waals surface area contributed by atoms with Crippen LogP contribution in [-0.2, 0) is 0 Å². The van der Waals surface area contributed by atoms with E-state index in [1.165, 1.54) is 4.88 Å². The lowest BCUT2D eigenvalue weighted by molar-refractivity contribution is 0.101. The van der Waals surface area contributed by atoms with Crippen LogP contribution < -0.4 is 16.0 Å². The van der Waals surface area contributed by atoms with Crippen LogP contribution in [0.1, 0.15) is 32.1 Å². The van der Waals surface area contributed by atoms with Crippen molar-refractivity contribution < 1.29 is 4.74 Å². The molecule has 0 saturated heterocycles. The zero-order chi connectivity index (χ0) is 13.3. The molecule has 0 atom stereocenters. The Balaban J connectivity index is 2.53. The van der Waals surface area contributed by atoms with Gasteiger partial charge in [0.2, 0.25) is 11.8 Å². The van der Waals surface area contributed by atoms with Gasteiger partial charge in [-0.1, -0.05) is 6.92 Å². The number of fused-ring (bicyclic) bond motifs is 1. The molecule has 2 rings (SSSR count). The topological polar surface area (TPSA) is 73.1 Å². The van der Waals surface area contributed by atoms with E-state index in [-0.39, 0.29) is 5.60 Å². The summed E-state index contributed by atoms with van der Waals surface area (Å²) in [4.78, 5) is 10.7. The number of aryl methyl sites for hydroxylation is 1. The number of nitrogens with zero attached hydrogens (tertiary/aromatic N) is 2. The molecule has 0 aliphatic rings. The molecule has 0 aliphatic carbocycles. The van der Waals surface area contributed by atoms with Gasteiger partial charge in [-0.3, -0.25) is 5.43 Å². The quantitative estimate of drug-likeness (QED) is 0.657. The van der Waals surface area contributed by atoms with Crippen molar-refractivity contribution in [2.45, 2.75) is 39.7 Å². The number of thiophene rings is 1. The number of nitrogens with one attached hydrogen (secondary N) is 1. The molecule has 0 spiro atoms. The van der Waals surface area contributed by atoms with Crippen LogP contribution in [0.2, 0.25) is 0 Å². The second kappa shape index (κ2) is 4.70. The molecule has 0 bridgehead atoms. The van der Waals surface area contributed by atoms with Gasteiger partial charge in [0, 0.05) is 4.88 Å². The molecule has 2 aromatic rings. The summed E-state index contributed by atoms with van der Waals surface area (Å²) in [5, 5.41) is 0.943. The third kappa shape index (κ3) is 2.54. The largest absolute Gasteiger partial charge is 0.471 e. The number of aromatic nitrogens is 2. The van der Waals surface area contributed by atoms with E-state index in [9.17, 15) is 0 Å². The van der Waals surface area contributed by atoms with Crippen LogP contribution in [0.3, 0.4) is 0 Å². The third-order valence-corrected chi connectivity index (χ3v) is 3.78. The van der Waals surface area contributed by atoms with Crippen molar-refractivity contribution >= 4 is 27.5 Å². The highest BCUT2D eigenvalue weighted by Gasteiger charge is 2.21. The van der Waals surface area contributed by atoms with Crippen LogP contribution in [0.5, 0.6) is 5.88 Å². The number of rotatable bonds is 4. The number of hydrazine groups is 1. The molecular weight excluding hydrogens is 248 g/mol.